The Morgan fingerprint density at radius 3 is 3.04 bits per heavy atom. The minimum atomic E-state index is 0.140. The number of nitrogens with zero attached hydrogens (tertiary/aromatic N) is 3. The summed E-state index contributed by atoms with van der Waals surface area (Å²) in [6.07, 6.45) is 3.11. The van der Waals surface area contributed by atoms with Gasteiger partial charge in [0.25, 0.3) is 5.91 Å². The summed E-state index contributed by atoms with van der Waals surface area (Å²) in [5, 5.41) is 3.89. The van der Waals surface area contributed by atoms with Gasteiger partial charge in [-0.15, -0.1) is 0 Å². The van der Waals surface area contributed by atoms with Gasteiger partial charge in [0, 0.05) is 43.7 Å². The Morgan fingerprint density at radius 1 is 1.28 bits per heavy atom. The fourth-order valence-electron chi connectivity index (χ4n) is 3.73. The number of rotatable bonds is 3. The van der Waals surface area contributed by atoms with Crippen molar-refractivity contribution in [3.63, 3.8) is 0 Å². The Balaban J connectivity index is 1.38. The molecule has 4 heterocycles. The molecule has 2 aromatic rings. The van der Waals surface area contributed by atoms with E-state index in [1.807, 2.05) is 40.1 Å². The molecule has 5 nitrogen and oxygen atoms in total. The topological polar surface area (TPSA) is 45.7 Å². The smallest absolute Gasteiger partial charge is 0.254 e. The first-order chi connectivity index (χ1) is 12.3. The Bertz CT molecular complexity index is 692. The van der Waals surface area contributed by atoms with Crippen molar-refractivity contribution in [2.45, 2.75) is 19.1 Å². The second-order valence-electron chi connectivity index (χ2n) is 6.78. The van der Waals surface area contributed by atoms with Gasteiger partial charge in [-0.25, -0.2) is 0 Å². The van der Waals surface area contributed by atoms with Crippen molar-refractivity contribution in [3.8, 4) is 0 Å². The number of thiophene rings is 1. The first kappa shape index (κ1) is 16.7. The quantitative estimate of drug-likeness (QED) is 0.847. The molecule has 2 aliphatic heterocycles. The van der Waals surface area contributed by atoms with E-state index in [-0.39, 0.29) is 12.0 Å². The molecule has 6 heteroatoms. The van der Waals surface area contributed by atoms with E-state index in [9.17, 15) is 4.79 Å². The summed E-state index contributed by atoms with van der Waals surface area (Å²) >= 11 is 1.57. The lowest BCUT2D eigenvalue weighted by Crippen LogP contribution is -2.47. The van der Waals surface area contributed by atoms with Crippen LogP contribution in [0.1, 0.15) is 22.5 Å². The van der Waals surface area contributed by atoms with Crippen molar-refractivity contribution in [2.75, 3.05) is 32.8 Å². The first-order valence-corrected chi connectivity index (χ1v) is 9.79. The minimum Gasteiger partial charge on any atom is -0.375 e. The predicted octanol–water partition coefficient (Wildman–Crippen LogP) is 2.51. The van der Waals surface area contributed by atoms with Crippen LogP contribution in [-0.2, 0) is 11.3 Å². The SMILES string of the molecule is O=C(c1ccsc1)N1CCO[C@H]2CN(Cc3ccccn3)CC[C@H]2C1. The van der Waals surface area contributed by atoms with Gasteiger partial charge in [0.1, 0.15) is 0 Å². The summed E-state index contributed by atoms with van der Waals surface area (Å²) < 4.78 is 6.12. The molecule has 0 radical (unpaired) electrons. The summed E-state index contributed by atoms with van der Waals surface area (Å²) in [5.41, 5.74) is 1.90. The molecule has 0 aromatic carbocycles. The van der Waals surface area contributed by atoms with Gasteiger partial charge >= 0.3 is 0 Å². The molecule has 2 aliphatic rings. The molecule has 0 N–H and O–H groups in total. The van der Waals surface area contributed by atoms with E-state index in [0.29, 0.717) is 19.1 Å². The molecule has 4 rings (SSSR count). The summed E-state index contributed by atoms with van der Waals surface area (Å²) in [4.78, 5) is 21.5. The largest absolute Gasteiger partial charge is 0.375 e. The molecule has 2 fully saturated rings. The standard InChI is InChI=1S/C19H23N3O2S/c23-19(16-5-10-25-14-16)22-8-9-24-18-13-21(7-4-15(18)11-22)12-17-3-1-2-6-20-17/h1-3,5-6,10,14-15,18H,4,7-9,11-13H2/t15-,18-/m0/s1. The Morgan fingerprint density at radius 2 is 2.24 bits per heavy atom. The fraction of sp³-hybridized carbons (Fsp3) is 0.474. The number of amides is 1. The molecule has 0 spiro atoms. The summed E-state index contributed by atoms with van der Waals surface area (Å²) in [6.45, 7) is 4.92. The molecule has 132 valence electrons. The van der Waals surface area contributed by atoms with Crippen LogP contribution in [0.25, 0.3) is 0 Å². The number of hydrogen-bond donors (Lipinski definition) is 0. The molecule has 2 atom stereocenters. The summed E-state index contributed by atoms with van der Waals surface area (Å²) in [7, 11) is 0. The van der Waals surface area contributed by atoms with Gasteiger partial charge in [-0.3, -0.25) is 14.7 Å². The van der Waals surface area contributed by atoms with Crippen molar-refractivity contribution < 1.29 is 9.53 Å². The zero-order valence-electron chi connectivity index (χ0n) is 14.2. The third kappa shape index (κ3) is 3.92. The van der Waals surface area contributed by atoms with Crippen LogP contribution < -0.4 is 0 Å². The molecule has 25 heavy (non-hydrogen) atoms. The van der Waals surface area contributed by atoms with E-state index in [4.69, 9.17) is 4.74 Å². The maximum Gasteiger partial charge on any atom is 0.254 e. The zero-order valence-corrected chi connectivity index (χ0v) is 15.0. The monoisotopic (exact) mass is 357 g/mol. The highest BCUT2D eigenvalue weighted by Gasteiger charge is 2.34. The van der Waals surface area contributed by atoms with Crippen LogP contribution in [0.5, 0.6) is 0 Å². The zero-order chi connectivity index (χ0) is 17.1. The van der Waals surface area contributed by atoms with Crippen molar-refractivity contribution in [3.05, 3.63) is 52.5 Å². The van der Waals surface area contributed by atoms with E-state index < -0.39 is 0 Å². The van der Waals surface area contributed by atoms with E-state index in [1.54, 1.807) is 11.3 Å². The summed E-state index contributed by atoms with van der Waals surface area (Å²) in [6, 6.07) is 7.96. The van der Waals surface area contributed by atoms with Gasteiger partial charge < -0.3 is 9.64 Å². The molecule has 0 unspecified atom stereocenters. The van der Waals surface area contributed by atoms with Gasteiger partial charge in [-0.1, -0.05) is 6.07 Å². The number of carbonyl (C=O) groups is 1. The van der Waals surface area contributed by atoms with Gasteiger partial charge in [0.15, 0.2) is 0 Å². The average Bonchev–Trinajstić information content (AvgIpc) is 3.09. The molecule has 0 aliphatic carbocycles. The molecular weight excluding hydrogens is 334 g/mol. The number of pyridine rings is 1. The van der Waals surface area contributed by atoms with Crippen molar-refractivity contribution in [2.24, 2.45) is 5.92 Å². The third-order valence-electron chi connectivity index (χ3n) is 5.10. The Hall–Kier alpha value is -1.76. The number of ether oxygens (including phenoxy) is 1. The first-order valence-electron chi connectivity index (χ1n) is 8.85. The maximum atomic E-state index is 12.7. The van der Waals surface area contributed by atoms with Gasteiger partial charge in [0.2, 0.25) is 0 Å². The molecule has 0 bridgehead atoms. The van der Waals surface area contributed by atoms with Gasteiger partial charge in [-0.05, 0) is 36.5 Å². The van der Waals surface area contributed by atoms with Crippen LogP contribution in [0.2, 0.25) is 0 Å². The van der Waals surface area contributed by atoms with Crippen LogP contribution in [0.15, 0.2) is 41.2 Å². The highest BCUT2D eigenvalue weighted by atomic mass is 32.1. The van der Waals surface area contributed by atoms with E-state index in [1.165, 1.54) is 0 Å². The van der Waals surface area contributed by atoms with E-state index in [2.05, 4.69) is 16.0 Å². The fourth-order valence-corrected chi connectivity index (χ4v) is 4.36. The summed E-state index contributed by atoms with van der Waals surface area (Å²) in [5.74, 6) is 0.562. The molecule has 0 saturated carbocycles. The molecular formula is C19H23N3O2S. The number of carbonyl (C=O) groups excluding carboxylic acids is 1. The molecule has 2 aromatic heterocycles. The van der Waals surface area contributed by atoms with Crippen molar-refractivity contribution in [1.82, 2.24) is 14.8 Å². The van der Waals surface area contributed by atoms with Crippen molar-refractivity contribution >= 4 is 17.2 Å². The van der Waals surface area contributed by atoms with Crippen LogP contribution in [0.3, 0.4) is 0 Å². The normalized spacial score (nSPS) is 24.6. The van der Waals surface area contributed by atoms with Crippen LogP contribution >= 0.6 is 11.3 Å². The van der Waals surface area contributed by atoms with E-state index in [0.717, 1.165) is 43.9 Å². The van der Waals surface area contributed by atoms with Crippen LogP contribution in [-0.4, -0.2) is 59.6 Å². The predicted molar refractivity (Wildman–Crippen MR) is 97.6 cm³/mol. The highest BCUT2D eigenvalue weighted by molar-refractivity contribution is 7.08. The molecule has 2 saturated heterocycles. The second-order valence-corrected chi connectivity index (χ2v) is 7.56. The lowest BCUT2D eigenvalue weighted by Gasteiger charge is -2.37. The third-order valence-corrected chi connectivity index (χ3v) is 5.78. The Labute approximate surface area is 152 Å². The number of likely N-dealkylation sites (tertiary alicyclic amines) is 1. The Kier molecular flexibility index (Phi) is 5.10. The maximum absolute atomic E-state index is 12.7. The average molecular weight is 357 g/mol. The van der Waals surface area contributed by atoms with Gasteiger partial charge in [-0.2, -0.15) is 11.3 Å². The second kappa shape index (κ2) is 7.64. The molecule has 1 amide bonds. The number of aromatic nitrogens is 1. The lowest BCUT2D eigenvalue weighted by molar-refractivity contribution is -0.0244. The highest BCUT2D eigenvalue weighted by Crippen LogP contribution is 2.26. The minimum absolute atomic E-state index is 0.140. The van der Waals surface area contributed by atoms with Crippen LogP contribution in [0.4, 0.5) is 0 Å². The lowest BCUT2D eigenvalue weighted by atomic mass is 9.93. The van der Waals surface area contributed by atoms with Gasteiger partial charge in [0.05, 0.1) is 24.0 Å². The number of fused-ring (bicyclic) bond motifs is 1. The van der Waals surface area contributed by atoms with Crippen LogP contribution in [0, 0.1) is 5.92 Å². The van der Waals surface area contributed by atoms with E-state index >= 15 is 0 Å². The number of hydrogen-bond acceptors (Lipinski definition) is 5. The number of piperidine rings is 1. The van der Waals surface area contributed by atoms with Crippen molar-refractivity contribution in [1.29, 1.82) is 0 Å².